The molecule has 0 radical (unpaired) electrons. The molecule has 0 saturated heterocycles. The number of thioether (sulfide) groups is 1. The molecule has 0 bridgehead atoms. The van der Waals surface area contributed by atoms with Crippen LogP contribution in [0.3, 0.4) is 0 Å². The molecule has 4 nitrogen and oxygen atoms in total. The topological polar surface area (TPSA) is 57.6 Å². The minimum atomic E-state index is -4.51. The van der Waals surface area contributed by atoms with Gasteiger partial charge in [0.25, 0.3) is 5.91 Å². The molecule has 8 heteroatoms. The maximum Gasteiger partial charge on any atom is 0.416 e. The quantitative estimate of drug-likeness (QED) is 0.630. The Bertz CT molecular complexity index is 938. The van der Waals surface area contributed by atoms with Gasteiger partial charge in [-0.05, 0) is 30.5 Å². The number of halogens is 3. The van der Waals surface area contributed by atoms with Crippen molar-refractivity contribution in [3.8, 4) is 0 Å². The predicted octanol–water partition coefficient (Wildman–Crippen LogP) is 4.51. The molecule has 0 unspecified atom stereocenters. The summed E-state index contributed by atoms with van der Waals surface area (Å²) in [6, 6.07) is 9.47. The van der Waals surface area contributed by atoms with Crippen LogP contribution in [0.25, 0.3) is 5.70 Å². The van der Waals surface area contributed by atoms with Gasteiger partial charge in [-0.25, -0.2) is 4.79 Å². The molecule has 134 valence electrons. The number of carboxylic acid groups (broad SMARTS) is 1. The zero-order valence-corrected chi connectivity index (χ0v) is 14.2. The Morgan fingerprint density at radius 3 is 2.38 bits per heavy atom. The van der Waals surface area contributed by atoms with Gasteiger partial charge >= 0.3 is 12.1 Å². The molecule has 1 aliphatic rings. The molecule has 1 N–H and O–H groups in total. The van der Waals surface area contributed by atoms with E-state index in [0.717, 1.165) is 34.9 Å². The third-order valence-electron chi connectivity index (χ3n) is 3.89. The van der Waals surface area contributed by atoms with E-state index in [-0.39, 0.29) is 16.3 Å². The molecule has 3 rings (SSSR count). The zero-order chi connectivity index (χ0) is 19.1. The van der Waals surface area contributed by atoms with Gasteiger partial charge in [-0.3, -0.25) is 9.69 Å². The van der Waals surface area contributed by atoms with Crippen molar-refractivity contribution in [2.24, 2.45) is 0 Å². The lowest BCUT2D eigenvalue weighted by Crippen LogP contribution is -2.24. The third-order valence-corrected chi connectivity index (χ3v) is 4.65. The van der Waals surface area contributed by atoms with E-state index in [0.29, 0.717) is 11.1 Å². The highest BCUT2D eigenvalue weighted by Gasteiger charge is 2.36. The summed E-state index contributed by atoms with van der Waals surface area (Å²) in [5.74, 6) is -1.74. The number of anilines is 1. The normalized spacial score (nSPS) is 15.5. The van der Waals surface area contributed by atoms with E-state index >= 15 is 0 Å². The van der Waals surface area contributed by atoms with Gasteiger partial charge in [-0.15, -0.1) is 11.8 Å². The number of aliphatic carboxylic acids is 1. The lowest BCUT2D eigenvalue weighted by molar-refractivity contribution is -0.137. The van der Waals surface area contributed by atoms with Crippen LogP contribution in [0.2, 0.25) is 0 Å². The van der Waals surface area contributed by atoms with Gasteiger partial charge in [0.1, 0.15) is 0 Å². The molecule has 0 aliphatic carbocycles. The first-order valence-electron chi connectivity index (χ1n) is 7.37. The Morgan fingerprint density at radius 1 is 1.15 bits per heavy atom. The third kappa shape index (κ3) is 3.08. The molecule has 1 aliphatic heterocycles. The lowest BCUT2D eigenvalue weighted by Gasteiger charge is -2.22. The number of nitrogens with zero attached hydrogens (tertiary/aromatic N) is 1. The van der Waals surface area contributed by atoms with Crippen molar-refractivity contribution >= 4 is 35.0 Å². The molecule has 1 amide bonds. The highest BCUT2D eigenvalue weighted by atomic mass is 32.2. The summed E-state index contributed by atoms with van der Waals surface area (Å²) >= 11 is 1.05. The van der Waals surface area contributed by atoms with E-state index in [9.17, 15) is 22.8 Å². The van der Waals surface area contributed by atoms with Gasteiger partial charge in [-0.2, -0.15) is 13.2 Å². The van der Waals surface area contributed by atoms with Gasteiger partial charge in [0.15, 0.2) is 0 Å². The van der Waals surface area contributed by atoms with Crippen molar-refractivity contribution in [2.45, 2.75) is 11.1 Å². The van der Waals surface area contributed by atoms with E-state index in [4.69, 9.17) is 5.11 Å². The Balaban J connectivity index is 2.20. The van der Waals surface area contributed by atoms with Crippen LogP contribution in [0, 0.1) is 0 Å². The number of hydrogen-bond donors (Lipinski definition) is 1. The standard InChI is InChI=1S/C18H12F3NO3S/c1-26-15-8-10(18(19,20)21)6-7-13(15)22-14(9-16(23)24)11-4-2-3-5-12(11)17(22)25/h2-9H,1H3,(H,23,24)/b14-9+. The van der Waals surface area contributed by atoms with Crippen molar-refractivity contribution in [3.63, 3.8) is 0 Å². The number of benzene rings is 2. The van der Waals surface area contributed by atoms with Crippen LogP contribution in [-0.2, 0) is 11.0 Å². The van der Waals surface area contributed by atoms with Gasteiger partial charge in [-0.1, -0.05) is 18.2 Å². The maximum absolute atomic E-state index is 13.0. The van der Waals surface area contributed by atoms with Gasteiger partial charge in [0.2, 0.25) is 0 Å². The molecule has 26 heavy (non-hydrogen) atoms. The molecule has 2 aromatic rings. The molecule has 0 atom stereocenters. The smallest absolute Gasteiger partial charge is 0.416 e. The van der Waals surface area contributed by atoms with E-state index in [1.807, 2.05) is 0 Å². The average molecular weight is 379 g/mol. The first-order valence-corrected chi connectivity index (χ1v) is 8.60. The molecule has 2 aromatic carbocycles. The summed E-state index contributed by atoms with van der Waals surface area (Å²) in [7, 11) is 0. The maximum atomic E-state index is 13.0. The fourth-order valence-corrected chi connectivity index (χ4v) is 3.39. The minimum Gasteiger partial charge on any atom is -0.478 e. The van der Waals surface area contributed by atoms with Crippen molar-refractivity contribution in [1.29, 1.82) is 0 Å². The average Bonchev–Trinajstić information content (AvgIpc) is 2.85. The second-order valence-electron chi connectivity index (χ2n) is 5.44. The number of carbonyl (C=O) groups excluding carboxylic acids is 1. The van der Waals surface area contributed by atoms with Gasteiger partial charge < -0.3 is 5.11 Å². The molecular weight excluding hydrogens is 367 g/mol. The molecule has 0 aromatic heterocycles. The monoisotopic (exact) mass is 379 g/mol. The van der Waals surface area contributed by atoms with Crippen molar-refractivity contribution in [3.05, 3.63) is 65.2 Å². The van der Waals surface area contributed by atoms with Crippen molar-refractivity contribution in [2.75, 3.05) is 11.2 Å². The Kier molecular flexibility index (Phi) is 4.53. The fraction of sp³-hybridized carbons (Fsp3) is 0.111. The van der Waals surface area contributed by atoms with Gasteiger partial charge in [0, 0.05) is 22.1 Å². The number of carboxylic acids is 1. The highest BCUT2D eigenvalue weighted by Crippen LogP contribution is 2.42. The van der Waals surface area contributed by atoms with Gasteiger partial charge in [0.05, 0.1) is 16.9 Å². The van der Waals surface area contributed by atoms with Crippen LogP contribution in [-0.4, -0.2) is 23.2 Å². The van der Waals surface area contributed by atoms with E-state index < -0.39 is 23.6 Å². The highest BCUT2D eigenvalue weighted by molar-refractivity contribution is 7.98. The van der Waals surface area contributed by atoms with E-state index in [1.54, 1.807) is 30.5 Å². The van der Waals surface area contributed by atoms with Crippen LogP contribution >= 0.6 is 11.8 Å². The second kappa shape index (κ2) is 6.53. The fourth-order valence-electron chi connectivity index (χ4n) is 2.78. The SMILES string of the molecule is CSc1cc(C(F)(F)F)ccc1N1C(=O)c2ccccc2/C1=C\C(=O)O. The Hall–Kier alpha value is -2.74. The van der Waals surface area contributed by atoms with E-state index in [2.05, 4.69) is 0 Å². The van der Waals surface area contributed by atoms with Crippen LogP contribution in [0.1, 0.15) is 21.5 Å². The molecule has 0 saturated carbocycles. The molecule has 1 heterocycles. The lowest BCUT2D eigenvalue weighted by atomic mass is 10.1. The van der Waals surface area contributed by atoms with Crippen LogP contribution in [0.15, 0.2) is 53.4 Å². The Morgan fingerprint density at radius 2 is 1.81 bits per heavy atom. The largest absolute Gasteiger partial charge is 0.478 e. The second-order valence-corrected chi connectivity index (χ2v) is 6.29. The molecular formula is C18H12F3NO3S. The molecule has 0 fully saturated rings. The number of rotatable bonds is 3. The number of alkyl halides is 3. The van der Waals surface area contributed by atoms with Crippen LogP contribution in [0.5, 0.6) is 0 Å². The predicted molar refractivity (Wildman–Crippen MR) is 92.1 cm³/mol. The summed E-state index contributed by atoms with van der Waals surface area (Å²) in [6.07, 6.45) is -2.04. The summed E-state index contributed by atoms with van der Waals surface area (Å²) in [4.78, 5) is 25.4. The molecule has 0 spiro atoms. The number of fused-ring (bicyclic) bond motifs is 1. The number of carbonyl (C=O) groups is 2. The zero-order valence-electron chi connectivity index (χ0n) is 13.4. The summed E-state index contributed by atoms with van der Waals surface area (Å²) in [6.45, 7) is 0. The van der Waals surface area contributed by atoms with E-state index in [1.165, 1.54) is 6.07 Å². The number of amides is 1. The summed E-state index contributed by atoms with van der Waals surface area (Å²) in [5.41, 5.74) is 0.213. The summed E-state index contributed by atoms with van der Waals surface area (Å²) < 4.78 is 38.9. The summed E-state index contributed by atoms with van der Waals surface area (Å²) in [5, 5.41) is 9.16. The number of hydrogen-bond acceptors (Lipinski definition) is 3. The minimum absolute atomic E-state index is 0.119. The first-order chi connectivity index (χ1) is 12.2. The van der Waals surface area contributed by atoms with Crippen molar-refractivity contribution < 1.29 is 27.9 Å². The van der Waals surface area contributed by atoms with Crippen LogP contribution in [0.4, 0.5) is 18.9 Å². The van der Waals surface area contributed by atoms with Crippen LogP contribution < -0.4 is 4.90 Å². The Labute approximate surface area is 150 Å². The first kappa shape index (κ1) is 18.1. The van der Waals surface area contributed by atoms with Crippen molar-refractivity contribution in [1.82, 2.24) is 0 Å².